The molecule has 0 amide bonds. The zero-order chi connectivity index (χ0) is 11.0. The summed E-state index contributed by atoms with van der Waals surface area (Å²) in [6.45, 7) is 0. The van der Waals surface area contributed by atoms with Crippen LogP contribution in [0.4, 0.5) is 0 Å². The minimum Gasteiger partial charge on any atom is -0.493 e. The van der Waals surface area contributed by atoms with Crippen LogP contribution in [0.1, 0.15) is 37.4 Å². The summed E-state index contributed by atoms with van der Waals surface area (Å²) in [5.41, 5.74) is 0.826. The summed E-state index contributed by atoms with van der Waals surface area (Å²) in [4.78, 5) is 4.59. The summed E-state index contributed by atoms with van der Waals surface area (Å²) in [5, 5.41) is 4.53. The van der Waals surface area contributed by atoms with Gasteiger partial charge in [-0.1, -0.05) is 12.8 Å². The van der Waals surface area contributed by atoms with Crippen LogP contribution in [0, 0.1) is 0 Å². The van der Waals surface area contributed by atoms with Crippen LogP contribution < -0.4 is 4.74 Å². The fourth-order valence-corrected chi connectivity index (χ4v) is 2.41. The number of pyridine rings is 1. The van der Waals surface area contributed by atoms with E-state index in [1.807, 2.05) is 22.8 Å². The number of ether oxygens (including phenoxy) is 1. The lowest BCUT2D eigenvalue weighted by Crippen LogP contribution is -1.95. The molecule has 2 heterocycles. The molecule has 2 aromatic rings. The molecule has 0 aromatic carbocycles. The van der Waals surface area contributed by atoms with Gasteiger partial charge in [0, 0.05) is 12.1 Å². The van der Waals surface area contributed by atoms with E-state index in [4.69, 9.17) is 4.74 Å². The molecule has 0 aliphatic heterocycles. The van der Waals surface area contributed by atoms with Gasteiger partial charge in [0.25, 0.3) is 0 Å². The van der Waals surface area contributed by atoms with Crippen LogP contribution in [0.5, 0.6) is 5.75 Å². The highest BCUT2D eigenvalue weighted by molar-refractivity contribution is 5.52. The van der Waals surface area contributed by atoms with Gasteiger partial charge in [0.2, 0.25) is 0 Å². The third-order valence-corrected chi connectivity index (χ3v) is 3.28. The van der Waals surface area contributed by atoms with Crippen molar-refractivity contribution >= 4 is 5.65 Å². The molecule has 4 nitrogen and oxygen atoms in total. The van der Waals surface area contributed by atoms with Crippen molar-refractivity contribution in [2.45, 2.75) is 31.6 Å². The maximum Gasteiger partial charge on any atom is 0.198 e. The molecular weight excluding hydrogens is 202 g/mol. The predicted molar refractivity (Wildman–Crippen MR) is 60.7 cm³/mol. The zero-order valence-corrected chi connectivity index (χ0v) is 9.39. The fourth-order valence-electron chi connectivity index (χ4n) is 2.41. The number of hydrogen-bond donors (Lipinski definition) is 0. The first kappa shape index (κ1) is 9.63. The maximum atomic E-state index is 5.28. The normalized spacial score (nSPS) is 17.1. The molecular formula is C12H15N3O. The second kappa shape index (κ2) is 3.77. The van der Waals surface area contributed by atoms with Crippen LogP contribution in [0.3, 0.4) is 0 Å². The fraction of sp³-hybridized carbons (Fsp3) is 0.500. The average Bonchev–Trinajstić information content (AvgIpc) is 2.96. The molecule has 1 aliphatic carbocycles. The minimum absolute atomic E-state index is 0.546. The van der Waals surface area contributed by atoms with Gasteiger partial charge in [-0.2, -0.15) is 5.10 Å². The lowest BCUT2D eigenvalue weighted by molar-refractivity contribution is 0.416. The molecule has 0 saturated heterocycles. The number of nitrogens with zero attached hydrogens (tertiary/aromatic N) is 3. The second-order valence-electron chi connectivity index (χ2n) is 4.30. The van der Waals surface area contributed by atoms with Crippen LogP contribution in [0.2, 0.25) is 0 Å². The number of fused-ring (bicyclic) bond motifs is 1. The summed E-state index contributed by atoms with van der Waals surface area (Å²) in [5.74, 6) is 2.31. The number of hydrogen-bond acceptors (Lipinski definition) is 3. The Kier molecular flexibility index (Phi) is 2.27. The SMILES string of the molecule is COc1cccn2nc(C3CCCC3)nc12. The van der Waals surface area contributed by atoms with E-state index in [2.05, 4.69) is 10.1 Å². The molecule has 84 valence electrons. The highest BCUT2D eigenvalue weighted by atomic mass is 16.5. The summed E-state index contributed by atoms with van der Waals surface area (Å²) < 4.78 is 7.09. The summed E-state index contributed by atoms with van der Waals surface area (Å²) in [7, 11) is 1.67. The molecule has 0 unspecified atom stereocenters. The first-order valence-electron chi connectivity index (χ1n) is 5.78. The van der Waals surface area contributed by atoms with Gasteiger partial charge in [-0.25, -0.2) is 9.50 Å². The van der Waals surface area contributed by atoms with Crippen molar-refractivity contribution in [1.29, 1.82) is 0 Å². The molecule has 0 bridgehead atoms. The van der Waals surface area contributed by atoms with Gasteiger partial charge in [-0.3, -0.25) is 0 Å². The van der Waals surface area contributed by atoms with Crippen molar-refractivity contribution in [3.63, 3.8) is 0 Å². The highest BCUT2D eigenvalue weighted by Gasteiger charge is 2.21. The van der Waals surface area contributed by atoms with Crippen LogP contribution in [-0.2, 0) is 0 Å². The van der Waals surface area contributed by atoms with Gasteiger partial charge in [0.05, 0.1) is 7.11 Å². The molecule has 1 aliphatic rings. The predicted octanol–water partition coefficient (Wildman–Crippen LogP) is 2.40. The summed E-state index contributed by atoms with van der Waals surface area (Å²) in [6.07, 6.45) is 6.97. The van der Waals surface area contributed by atoms with Crippen LogP contribution >= 0.6 is 0 Å². The van der Waals surface area contributed by atoms with Crippen molar-refractivity contribution in [3.8, 4) is 5.75 Å². The van der Waals surface area contributed by atoms with E-state index in [-0.39, 0.29) is 0 Å². The molecule has 0 radical (unpaired) electrons. The molecule has 1 fully saturated rings. The third-order valence-electron chi connectivity index (χ3n) is 3.28. The van der Waals surface area contributed by atoms with E-state index in [0.717, 1.165) is 17.2 Å². The topological polar surface area (TPSA) is 39.4 Å². The Morgan fingerprint density at radius 3 is 2.94 bits per heavy atom. The number of methoxy groups -OCH3 is 1. The second-order valence-corrected chi connectivity index (χ2v) is 4.30. The smallest absolute Gasteiger partial charge is 0.198 e. The Morgan fingerprint density at radius 1 is 1.38 bits per heavy atom. The molecule has 0 spiro atoms. The number of rotatable bonds is 2. The molecule has 0 atom stereocenters. The number of aromatic nitrogens is 3. The van der Waals surface area contributed by atoms with Gasteiger partial charge in [0.15, 0.2) is 17.2 Å². The molecule has 1 saturated carbocycles. The van der Waals surface area contributed by atoms with Gasteiger partial charge in [-0.15, -0.1) is 0 Å². The Balaban J connectivity index is 2.07. The van der Waals surface area contributed by atoms with Crippen molar-refractivity contribution in [1.82, 2.24) is 14.6 Å². The molecule has 0 N–H and O–H groups in total. The standard InChI is InChI=1S/C12H15N3O/c1-16-10-7-4-8-15-12(10)13-11(14-15)9-5-2-3-6-9/h4,7-9H,2-3,5-6H2,1H3. The van der Waals surface area contributed by atoms with Crippen molar-refractivity contribution in [2.24, 2.45) is 0 Å². The monoisotopic (exact) mass is 217 g/mol. The Bertz CT molecular complexity index is 500. The van der Waals surface area contributed by atoms with Gasteiger partial charge in [0.1, 0.15) is 0 Å². The van der Waals surface area contributed by atoms with Gasteiger partial charge >= 0.3 is 0 Å². The van der Waals surface area contributed by atoms with Gasteiger partial charge in [-0.05, 0) is 25.0 Å². The van der Waals surface area contributed by atoms with E-state index in [1.165, 1.54) is 25.7 Å². The first-order chi connectivity index (χ1) is 7.88. The molecule has 16 heavy (non-hydrogen) atoms. The van der Waals surface area contributed by atoms with E-state index in [1.54, 1.807) is 7.11 Å². The van der Waals surface area contributed by atoms with E-state index < -0.39 is 0 Å². The first-order valence-corrected chi connectivity index (χ1v) is 5.78. The van der Waals surface area contributed by atoms with Crippen LogP contribution in [0.15, 0.2) is 18.3 Å². The van der Waals surface area contributed by atoms with E-state index in [0.29, 0.717) is 5.92 Å². The van der Waals surface area contributed by atoms with Crippen molar-refractivity contribution in [2.75, 3.05) is 7.11 Å². The quantitative estimate of drug-likeness (QED) is 0.775. The Labute approximate surface area is 94.3 Å². The lowest BCUT2D eigenvalue weighted by Gasteiger charge is -2.00. The van der Waals surface area contributed by atoms with E-state index >= 15 is 0 Å². The summed E-state index contributed by atoms with van der Waals surface area (Å²) >= 11 is 0. The highest BCUT2D eigenvalue weighted by Crippen LogP contribution is 2.33. The maximum absolute atomic E-state index is 5.28. The Morgan fingerprint density at radius 2 is 2.19 bits per heavy atom. The zero-order valence-electron chi connectivity index (χ0n) is 9.39. The molecule has 3 rings (SSSR count). The van der Waals surface area contributed by atoms with Gasteiger partial charge < -0.3 is 4.74 Å². The van der Waals surface area contributed by atoms with E-state index in [9.17, 15) is 0 Å². The minimum atomic E-state index is 0.546. The Hall–Kier alpha value is -1.58. The molecule has 4 heteroatoms. The van der Waals surface area contributed by atoms with Crippen molar-refractivity contribution < 1.29 is 4.74 Å². The third kappa shape index (κ3) is 1.45. The summed E-state index contributed by atoms with van der Waals surface area (Å²) in [6, 6.07) is 3.85. The van der Waals surface area contributed by atoms with Crippen LogP contribution in [-0.4, -0.2) is 21.7 Å². The van der Waals surface area contributed by atoms with Crippen LogP contribution in [0.25, 0.3) is 5.65 Å². The average molecular weight is 217 g/mol. The lowest BCUT2D eigenvalue weighted by atomic mass is 10.1. The molecule has 2 aromatic heterocycles. The van der Waals surface area contributed by atoms with Crippen molar-refractivity contribution in [3.05, 3.63) is 24.2 Å². The largest absolute Gasteiger partial charge is 0.493 e.